The number of benzene rings is 1. The standard InChI is InChI=1S/C17H13FN2OS2/c18-15-6-2-1-4-12(15)10-14-11-19-17(23-14)20-16(21)8-7-13-5-3-9-22-13/h1-9,11H,10H2,(H,19,20,21). The van der Waals surface area contributed by atoms with Gasteiger partial charge in [-0.15, -0.1) is 22.7 Å². The molecule has 0 fully saturated rings. The molecule has 0 aliphatic carbocycles. The van der Waals surface area contributed by atoms with Crippen LogP contribution in [0.4, 0.5) is 9.52 Å². The van der Waals surface area contributed by atoms with E-state index in [9.17, 15) is 9.18 Å². The van der Waals surface area contributed by atoms with E-state index >= 15 is 0 Å². The molecule has 23 heavy (non-hydrogen) atoms. The first-order valence-electron chi connectivity index (χ1n) is 6.91. The predicted molar refractivity (Wildman–Crippen MR) is 93.3 cm³/mol. The topological polar surface area (TPSA) is 42.0 Å². The molecule has 0 saturated heterocycles. The smallest absolute Gasteiger partial charge is 0.250 e. The fourth-order valence-electron chi connectivity index (χ4n) is 1.97. The molecule has 2 heterocycles. The van der Waals surface area contributed by atoms with Gasteiger partial charge in [0.15, 0.2) is 5.13 Å². The molecular weight excluding hydrogens is 331 g/mol. The lowest BCUT2D eigenvalue weighted by Crippen LogP contribution is -2.06. The van der Waals surface area contributed by atoms with E-state index in [1.54, 1.807) is 41.8 Å². The van der Waals surface area contributed by atoms with Crippen molar-refractivity contribution in [3.63, 3.8) is 0 Å². The Morgan fingerprint density at radius 2 is 2.13 bits per heavy atom. The number of rotatable bonds is 5. The van der Waals surface area contributed by atoms with Gasteiger partial charge < -0.3 is 0 Å². The van der Waals surface area contributed by atoms with E-state index in [0.29, 0.717) is 17.1 Å². The summed E-state index contributed by atoms with van der Waals surface area (Å²) in [5.41, 5.74) is 0.617. The monoisotopic (exact) mass is 344 g/mol. The maximum Gasteiger partial charge on any atom is 0.250 e. The number of amides is 1. The SMILES string of the molecule is O=C(C=Cc1cccs1)Nc1ncc(Cc2ccccc2F)s1. The molecule has 1 aromatic carbocycles. The van der Waals surface area contributed by atoms with E-state index in [2.05, 4.69) is 10.3 Å². The molecule has 0 aliphatic heterocycles. The molecule has 116 valence electrons. The molecule has 0 atom stereocenters. The highest BCUT2D eigenvalue weighted by molar-refractivity contribution is 7.15. The summed E-state index contributed by atoms with van der Waals surface area (Å²) < 4.78 is 13.6. The summed E-state index contributed by atoms with van der Waals surface area (Å²) in [4.78, 5) is 17.9. The lowest BCUT2D eigenvalue weighted by molar-refractivity contribution is -0.111. The predicted octanol–water partition coefficient (Wildman–Crippen LogP) is 4.59. The van der Waals surface area contributed by atoms with Gasteiger partial charge in [0, 0.05) is 28.4 Å². The summed E-state index contributed by atoms with van der Waals surface area (Å²) in [5, 5.41) is 5.18. The zero-order valence-corrected chi connectivity index (χ0v) is 13.7. The van der Waals surface area contributed by atoms with Gasteiger partial charge in [0.2, 0.25) is 5.91 Å². The second kappa shape index (κ2) is 7.30. The van der Waals surface area contributed by atoms with Gasteiger partial charge >= 0.3 is 0 Å². The molecule has 0 radical (unpaired) electrons. The van der Waals surface area contributed by atoms with Crippen molar-refractivity contribution >= 4 is 39.8 Å². The van der Waals surface area contributed by atoms with Crippen molar-refractivity contribution < 1.29 is 9.18 Å². The number of anilines is 1. The lowest BCUT2D eigenvalue weighted by atomic mass is 10.1. The average molecular weight is 344 g/mol. The zero-order chi connectivity index (χ0) is 16.1. The minimum absolute atomic E-state index is 0.231. The third-order valence-electron chi connectivity index (χ3n) is 3.05. The van der Waals surface area contributed by atoms with Crippen molar-refractivity contribution in [1.82, 2.24) is 4.98 Å². The normalized spacial score (nSPS) is 11.0. The number of carbonyl (C=O) groups excluding carboxylic acids is 1. The Morgan fingerprint density at radius 1 is 1.26 bits per heavy atom. The van der Waals surface area contributed by atoms with Crippen molar-refractivity contribution in [2.75, 3.05) is 5.32 Å². The molecule has 3 aromatic rings. The van der Waals surface area contributed by atoms with Crippen LogP contribution in [0, 0.1) is 5.82 Å². The molecular formula is C17H13FN2OS2. The number of nitrogens with zero attached hydrogens (tertiary/aromatic N) is 1. The average Bonchev–Trinajstić information content (AvgIpc) is 3.19. The van der Waals surface area contributed by atoms with Gasteiger partial charge in [-0.1, -0.05) is 24.3 Å². The van der Waals surface area contributed by atoms with E-state index < -0.39 is 0 Å². The van der Waals surface area contributed by atoms with Crippen LogP contribution in [0.25, 0.3) is 6.08 Å². The van der Waals surface area contributed by atoms with Gasteiger partial charge in [-0.3, -0.25) is 10.1 Å². The maximum atomic E-state index is 13.6. The number of carbonyl (C=O) groups is 1. The first-order chi connectivity index (χ1) is 11.2. The molecule has 3 rings (SSSR count). The first-order valence-corrected chi connectivity index (χ1v) is 8.61. The Hall–Kier alpha value is -2.31. The minimum Gasteiger partial charge on any atom is -0.298 e. The number of hydrogen-bond acceptors (Lipinski definition) is 4. The van der Waals surface area contributed by atoms with Crippen molar-refractivity contribution in [3.05, 3.63) is 75.2 Å². The fraction of sp³-hybridized carbons (Fsp3) is 0.0588. The second-order valence-corrected chi connectivity index (χ2v) is 6.83. The van der Waals surface area contributed by atoms with Gasteiger partial charge in [-0.2, -0.15) is 0 Å². The molecule has 0 spiro atoms. The van der Waals surface area contributed by atoms with Crippen LogP contribution in [-0.4, -0.2) is 10.9 Å². The third-order valence-corrected chi connectivity index (χ3v) is 4.80. The molecule has 0 saturated carbocycles. The van der Waals surface area contributed by atoms with Crippen LogP contribution >= 0.6 is 22.7 Å². The summed E-state index contributed by atoms with van der Waals surface area (Å²) in [6.45, 7) is 0. The Labute approximate surface area is 141 Å². The van der Waals surface area contributed by atoms with Crippen LogP contribution < -0.4 is 5.32 Å². The summed E-state index contributed by atoms with van der Waals surface area (Å²) in [6.07, 6.45) is 5.36. The Kier molecular flexibility index (Phi) is 4.95. The van der Waals surface area contributed by atoms with Gasteiger partial charge in [0.05, 0.1) is 0 Å². The molecule has 1 amide bonds. The molecule has 6 heteroatoms. The van der Waals surface area contributed by atoms with E-state index in [0.717, 1.165) is 9.75 Å². The van der Waals surface area contributed by atoms with Crippen LogP contribution in [0.1, 0.15) is 15.3 Å². The number of thiophene rings is 1. The summed E-state index contributed by atoms with van der Waals surface area (Å²) >= 11 is 2.91. The van der Waals surface area contributed by atoms with E-state index in [-0.39, 0.29) is 11.7 Å². The molecule has 0 unspecified atom stereocenters. The number of nitrogens with one attached hydrogen (secondary N) is 1. The molecule has 1 N–H and O–H groups in total. The summed E-state index contributed by atoms with van der Waals surface area (Å²) in [6, 6.07) is 10.5. The van der Waals surface area contributed by atoms with Gasteiger partial charge in [0.25, 0.3) is 0 Å². The van der Waals surface area contributed by atoms with Crippen LogP contribution in [-0.2, 0) is 11.2 Å². The highest BCUT2D eigenvalue weighted by Gasteiger charge is 2.07. The molecule has 0 bridgehead atoms. The molecule has 0 aliphatic rings. The van der Waals surface area contributed by atoms with Crippen LogP contribution in [0.3, 0.4) is 0 Å². The Balaban J connectivity index is 1.61. The number of thiazole rings is 1. The van der Waals surface area contributed by atoms with E-state index in [1.165, 1.54) is 23.5 Å². The third kappa shape index (κ3) is 4.34. The molecule has 2 aromatic heterocycles. The summed E-state index contributed by atoms with van der Waals surface area (Å²) in [7, 11) is 0. The van der Waals surface area contributed by atoms with Crippen molar-refractivity contribution in [2.24, 2.45) is 0 Å². The first kappa shape index (κ1) is 15.6. The largest absolute Gasteiger partial charge is 0.298 e. The van der Waals surface area contributed by atoms with Crippen molar-refractivity contribution in [2.45, 2.75) is 6.42 Å². The summed E-state index contributed by atoms with van der Waals surface area (Å²) in [5.74, 6) is -0.462. The minimum atomic E-state index is -0.231. The second-order valence-electron chi connectivity index (χ2n) is 4.74. The van der Waals surface area contributed by atoms with Crippen LogP contribution in [0.2, 0.25) is 0 Å². The number of hydrogen-bond donors (Lipinski definition) is 1. The van der Waals surface area contributed by atoms with Crippen LogP contribution in [0.5, 0.6) is 0 Å². The fourth-order valence-corrected chi connectivity index (χ4v) is 3.42. The highest BCUT2D eigenvalue weighted by Crippen LogP contribution is 2.22. The van der Waals surface area contributed by atoms with Gasteiger partial charge in [-0.05, 0) is 29.2 Å². The van der Waals surface area contributed by atoms with Gasteiger partial charge in [0.1, 0.15) is 5.82 Å². The van der Waals surface area contributed by atoms with Crippen molar-refractivity contribution in [3.8, 4) is 0 Å². The maximum absolute atomic E-state index is 13.6. The molecule has 3 nitrogen and oxygen atoms in total. The number of aromatic nitrogens is 1. The Morgan fingerprint density at radius 3 is 2.91 bits per heavy atom. The van der Waals surface area contributed by atoms with Crippen LogP contribution in [0.15, 0.2) is 54.1 Å². The zero-order valence-electron chi connectivity index (χ0n) is 12.0. The number of halogens is 1. The quantitative estimate of drug-likeness (QED) is 0.688. The van der Waals surface area contributed by atoms with Crippen molar-refractivity contribution in [1.29, 1.82) is 0 Å². The van der Waals surface area contributed by atoms with Gasteiger partial charge in [-0.25, -0.2) is 9.37 Å². The Bertz CT molecular complexity index is 825. The highest BCUT2D eigenvalue weighted by atomic mass is 32.1. The van der Waals surface area contributed by atoms with E-state index in [1.807, 2.05) is 17.5 Å². The lowest BCUT2D eigenvalue weighted by Gasteiger charge is -1.99. The van der Waals surface area contributed by atoms with E-state index in [4.69, 9.17) is 0 Å².